The largest absolute Gasteiger partial charge is 0.388 e. The van der Waals surface area contributed by atoms with Gasteiger partial charge in [-0.05, 0) is 25.7 Å². The van der Waals surface area contributed by atoms with Crippen molar-refractivity contribution in [2.24, 2.45) is 5.92 Å². The first-order valence-electron chi connectivity index (χ1n) is 5.82. The Hall–Kier alpha value is -1.36. The van der Waals surface area contributed by atoms with Crippen molar-refractivity contribution >= 4 is 5.91 Å². The van der Waals surface area contributed by atoms with Gasteiger partial charge in [-0.1, -0.05) is 19.0 Å². The molecule has 0 radical (unpaired) electrons. The number of amides is 1. The Kier molecular flexibility index (Phi) is 4.69. The van der Waals surface area contributed by atoms with Crippen molar-refractivity contribution < 1.29 is 14.4 Å². The van der Waals surface area contributed by atoms with Crippen molar-refractivity contribution in [2.75, 3.05) is 6.54 Å². The van der Waals surface area contributed by atoms with E-state index in [1.807, 2.05) is 0 Å². The van der Waals surface area contributed by atoms with Crippen molar-refractivity contribution in [3.63, 3.8) is 0 Å². The number of hydrogen-bond acceptors (Lipinski definition) is 4. The van der Waals surface area contributed by atoms with E-state index in [0.717, 1.165) is 6.42 Å². The van der Waals surface area contributed by atoms with Gasteiger partial charge in [0.2, 0.25) is 0 Å². The molecule has 0 aliphatic rings. The van der Waals surface area contributed by atoms with Gasteiger partial charge in [-0.25, -0.2) is 0 Å². The molecule has 1 heterocycles. The maximum absolute atomic E-state index is 11.5. The molecule has 0 spiro atoms. The molecule has 1 aromatic heterocycles. The van der Waals surface area contributed by atoms with Gasteiger partial charge in [-0.3, -0.25) is 4.79 Å². The highest BCUT2D eigenvalue weighted by Crippen LogP contribution is 2.15. The zero-order valence-electron chi connectivity index (χ0n) is 10.6. The molecule has 0 saturated heterocycles. The van der Waals surface area contributed by atoms with E-state index in [9.17, 15) is 9.90 Å². The second kappa shape index (κ2) is 5.82. The lowest BCUT2D eigenvalue weighted by Crippen LogP contribution is -2.40. The minimum Gasteiger partial charge on any atom is -0.388 e. The van der Waals surface area contributed by atoms with Gasteiger partial charge in [0, 0.05) is 12.6 Å². The number of nitrogens with zero attached hydrogens (tertiary/aromatic N) is 1. The van der Waals surface area contributed by atoms with Crippen LogP contribution in [0.5, 0.6) is 0 Å². The van der Waals surface area contributed by atoms with Crippen molar-refractivity contribution in [1.82, 2.24) is 10.5 Å². The van der Waals surface area contributed by atoms with Crippen LogP contribution in [0.2, 0.25) is 0 Å². The zero-order chi connectivity index (χ0) is 12.9. The normalized spacial score (nSPS) is 14.6. The number of aliphatic hydroxyl groups is 1. The number of rotatable bonds is 6. The second-order valence-electron chi connectivity index (χ2n) is 5.00. The lowest BCUT2D eigenvalue weighted by Gasteiger charge is -2.24. The Morgan fingerprint density at radius 1 is 1.65 bits per heavy atom. The predicted molar refractivity (Wildman–Crippen MR) is 63.5 cm³/mol. The molecule has 96 valence electrons. The standard InChI is InChI=1S/C12H20N2O3/c1-9(2)4-6-12(3,16)8-13-11(15)10-5-7-17-14-10/h5,7,9,16H,4,6,8H2,1-3H3,(H,13,15). The Bertz CT molecular complexity index is 345. The summed E-state index contributed by atoms with van der Waals surface area (Å²) in [6.45, 7) is 6.14. The van der Waals surface area contributed by atoms with Crippen molar-refractivity contribution in [2.45, 2.75) is 39.2 Å². The minimum atomic E-state index is -0.885. The molecule has 0 fully saturated rings. The highest BCUT2D eigenvalue weighted by Gasteiger charge is 2.22. The molecule has 0 aromatic carbocycles. The highest BCUT2D eigenvalue weighted by atomic mass is 16.5. The maximum Gasteiger partial charge on any atom is 0.273 e. The number of hydrogen-bond donors (Lipinski definition) is 2. The maximum atomic E-state index is 11.5. The molecule has 0 aliphatic carbocycles. The molecule has 1 rings (SSSR count). The summed E-state index contributed by atoms with van der Waals surface area (Å²) >= 11 is 0. The third-order valence-electron chi connectivity index (χ3n) is 2.56. The van der Waals surface area contributed by atoms with Crippen molar-refractivity contribution in [3.8, 4) is 0 Å². The van der Waals surface area contributed by atoms with Crippen molar-refractivity contribution in [1.29, 1.82) is 0 Å². The lowest BCUT2D eigenvalue weighted by molar-refractivity contribution is 0.0427. The van der Waals surface area contributed by atoms with E-state index < -0.39 is 5.60 Å². The summed E-state index contributed by atoms with van der Waals surface area (Å²) in [6.07, 6.45) is 2.92. The minimum absolute atomic E-state index is 0.214. The fourth-order valence-electron chi connectivity index (χ4n) is 1.38. The van der Waals surface area contributed by atoms with E-state index in [4.69, 9.17) is 0 Å². The van der Waals surface area contributed by atoms with Crippen LogP contribution in [0.25, 0.3) is 0 Å². The molecular weight excluding hydrogens is 220 g/mol. The van der Waals surface area contributed by atoms with Gasteiger partial charge >= 0.3 is 0 Å². The molecule has 17 heavy (non-hydrogen) atoms. The van der Waals surface area contributed by atoms with Crippen LogP contribution >= 0.6 is 0 Å². The summed E-state index contributed by atoms with van der Waals surface area (Å²) in [5.41, 5.74) is -0.659. The summed E-state index contributed by atoms with van der Waals surface area (Å²) in [5, 5.41) is 16.2. The Morgan fingerprint density at radius 2 is 2.35 bits per heavy atom. The second-order valence-corrected chi connectivity index (χ2v) is 5.00. The molecule has 5 heteroatoms. The van der Waals surface area contributed by atoms with Gasteiger partial charge < -0.3 is 14.9 Å². The number of aromatic nitrogens is 1. The summed E-state index contributed by atoms with van der Waals surface area (Å²) in [6, 6.07) is 1.48. The first kappa shape index (κ1) is 13.7. The summed E-state index contributed by atoms with van der Waals surface area (Å²) < 4.78 is 4.57. The Balaban J connectivity index is 2.36. The van der Waals surface area contributed by atoms with E-state index in [1.165, 1.54) is 12.3 Å². The third-order valence-corrected chi connectivity index (χ3v) is 2.56. The smallest absolute Gasteiger partial charge is 0.273 e. The summed E-state index contributed by atoms with van der Waals surface area (Å²) in [5.74, 6) is 0.205. The molecule has 1 aromatic rings. The molecule has 0 saturated carbocycles. The van der Waals surface area contributed by atoms with Crippen LogP contribution in [0.4, 0.5) is 0 Å². The predicted octanol–water partition coefficient (Wildman–Crippen LogP) is 1.59. The molecule has 2 N–H and O–H groups in total. The van der Waals surface area contributed by atoms with Crippen LogP contribution in [-0.2, 0) is 0 Å². The quantitative estimate of drug-likeness (QED) is 0.791. The van der Waals surface area contributed by atoms with Crippen LogP contribution in [-0.4, -0.2) is 28.3 Å². The van der Waals surface area contributed by atoms with Gasteiger partial charge in [-0.2, -0.15) is 0 Å². The monoisotopic (exact) mass is 240 g/mol. The molecule has 0 aliphatic heterocycles. The average molecular weight is 240 g/mol. The van der Waals surface area contributed by atoms with E-state index in [1.54, 1.807) is 6.92 Å². The van der Waals surface area contributed by atoms with Crippen molar-refractivity contribution in [3.05, 3.63) is 18.0 Å². The van der Waals surface area contributed by atoms with E-state index in [0.29, 0.717) is 12.3 Å². The fraction of sp³-hybridized carbons (Fsp3) is 0.667. The zero-order valence-corrected chi connectivity index (χ0v) is 10.6. The van der Waals surface area contributed by atoms with Gasteiger partial charge in [0.05, 0.1) is 5.60 Å². The molecular formula is C12H20N2O3. The number of carbonyl (C=O) groups is 1. The van der Waals surface area contributed by atoms with Gasteiger partial charge in [0.25, 0.3) is 5.91 Å². The van der Waals surface area contributed by atoms with E-state index in [-0.39, 0.29) is 18.1 Å². The molecule has 0 bridgehead atoms. The summed E-state index contributed by atoms with van der Waals surface area (Å²) in [4.78, 5) is 11.5. The van der Waals surface area contributed by atoms with E-state index in [2.05, 4.69) is 28.8 Å². The van der Waals surface area contributed by atoms with E-state index >= 15 is 0 Å². The van der Waals surface area contributed by atoms with Crippen LogP contribution < -0.4 is 5.32 Å². The number of carbonyl (C=O) groups excluding carboxylic acids is 1. The topological polar surface area (TPSA) is 75.4 Å². The fourth-order valence-corrected chi connectivity index (χ4v) is 1.38. The van der Waals surface area contributed by atoms with Gasteiger partial charge in [0.15, 0.2) is 5.69 Å². The van der Waals surface area contributed by atoms with Crippen LogP contribution in [0.3, 0.4) is 0 Å². The average Bonchev–Trinajstić information content (AvgIpc) is 2.77. The first-order chi connectivity index (χ1) is 7.91. The molecule has 1 atom stereocenters. The molecule has 1 unspecified atom stereocenters. The SMILES string of the molecule is CC(C)CCC(C)(O)CNC(=O)c1ccon1. The van der Waals surface area contributed by atoms with Gasteiger partial charge in [-0.15, -0.1) is 0 Å². The Morgan fingerprint density at radius 3 is 2.88 bits per heavy atom. The first-order valence-corrected chi connectivity index (χ1v) is 5.82. The lowest BCUT2D eigenvalue weighted by atomic mass is 9.95. The molecule has 1 amide bonds. The number of nitrogens with one attached hydrogen (secondary N) is 1. The highest BCUT2D eigenvalue weighted by molar-refractivity contribution is 5.91. The van der Waals surface area contributed by atoms with Gasteiger partial charge in [0.1, 0.15) is 6.26 Å². The third kappa shape index (κ3) is 4.99. The Labute approximate surface area is 101 Å². The van der Waals surface area contributed by atoms with Crippen LogP contribution in [0.1, 0.15) is 44.1 Å². The van der Waals surface area contributed by atoms with Crippen LogP contribution in [0.15, 0.2) is 16.9 Å². The summed E-state index contributed by atoms with van der Waals surface area (Å²) in [7, 11) is 0. The van der Waals surface area contributed by atoms with Crippen LogP contribution in [0, 0.1) is 5.92 Å². The molecule has 5 nitrogen and oxygen atoms in total.